The molecule has 7 heteroatoms. The molecule has 0 spiro atoms. The molecule has 1 amide bonds. The van der Waals surface area contributed by atoms with Gasteiger partial charge in [0.15, 0.2) is 23.9 Å². The van der Waals surface area contributed by atoms with Gasteiger partial charge in [-0.05, 0) is 48.0 Å². The van der Waals surface area contributed by atoms with Crippen molar-refractivity contribution >= 4 is 39.4 Å². The van der Waals surface area contributed by atoms with E-state index in [0.717, 1.165) is 0 Å². The van der Waals surface area contributed by atoms with Crippen molar-refractivity contribution in [3.8, 4) is 17.2 Å². The Morgan fingerprint density at radius 2 is 2.16 bits per heavy atom. The lowest BCUT2D eigenvalue weighted by molar-refractivity contribution is -0.118. The highest BCUT2D eigenvalue weighted by molar-refractivity contribution is 9.10. The molecule has 128 valence electrons. The number of fused-ring (bicyclic) bond motifs is 1. The van der Waals surface area contributed by atoms with Crippen molar-refractivity contribution in [3.05, 3.63) is 52.0 Å². The molecule has 0 bridgehead atoms. The number of methoxy groups -OCH3 is 1. The largest absolute Gasteiger partial charge is 0.504 e. The molecule has 0 unspecified atom stereocenters. The smallest absolute Gasteiger partial charge is 0.262 e. The molecule has 2 aromatic carbocycles. The molecule has 1 aliphatic rings. The highest BCUT2D eigenvalue weighted by Gasteiger charge is 2.17. The van der Waals surface area contributed by atoms with Crippen LogP contribution in [-0.2, 0) is 4.79 Å². The number of rotatable bonds is 4. The first-order valence-electron chi connectivity index (χ1n) is 7.33. The normalized spacial score (nSPS) is 13.1. The molecule has 6 nitrogen and oxygen atoms in total. The minimum atomic E-state index is -0.259. The Hall–Kier alpha value is -2.80. The molecule has 0 fully saturated rings. The van der Waals surface area contributed by atoms with Crippen molar-refractivity contribution in [1.29, 1.82) is 0 Å². The fourth-order valence-electron chi connectivity index (χ4n) is 2.35. The van der Waals surface area contributed by atoms with Crippen molar-refractivity contribution in [2.75, 3.05) is 19.0 Å². The second kappa shape index (κ2) is 6.98. The van der Waals surface area contributed by atoms with Crippen molar-refractivity contribution < 1.29 is 24.2 Å². The topological polar surface area (TPSA) is 84.9 Å². The van der Waals surface area contributed by atoms with Gasteiger partial charge in [0, 0.05) is 10.0 Å². The van der Waals surface area contributed by atoms with Crippen LogP contribution in [0.2, 0.25) is 0 Å². The van der Waals surface area contributed by atoms with Crippen LogP contribution in [0.15, 0.2) is 40.9 Å². The molecule has 0 radical (unpaired) electrons. The third-order valence-electron chi connectivity index (χ3n) is 3.61. The summed E-state index contributed by atoms with van der Waals surface area (Å²) in [6.45, 7) is -0.0326. The molecule has 0 saturated heterocycles. The van der Waals surface area contributed by atoms with Gasteiger partial charge in [-0.2, -0.15) is 0 Å². The number of carbonyl (C=O) groups is 2. The number of carbonyl (C=O) groups excluding carboxylic acids is 2. The molecule has 25 heavy (non-hydrogen) atoms. The summed E-state index contributed by atoms with van der Waals surface area (Å²) >= 11 is 3.37. The zero-order valence-electron chi connectivity index (χ0n) is 13.2. The molecule has 0 saturated carbocycles. The molecule has 2 aromatic rings. The Kier molecular flexibility index (Phi) is 4.76. The monoisotopic (exact) mass is 403 g/mol. The molecule has 1 heterocycles. The summed E-state index contributed by atoms with van der Waals surface area (Å²) in [5, 5.41) is 12.5. The molecule has 1 aliphatic heterocycles. The van der Waals surface area contributed by atoms with E-state index in [4.69, 9.17) is 9.47 Å². The third-order valence-corrected chi connectivity index (χ3v) is 4.30. The van der Waals surface area contributed by atoms with E-state index < -0.39 is 0 Å². The Morgan fingerprint density at radius 3 is 2.92 bits per heavy atom. The lowest BCUT2D eigenvalue weighted by atomic mass is 10.1. The molecule has 0 atom stereocenters. The molecule has 2 N–H and O–H groups in total. The van der Waals surface area contributed by atoms with Gasteiger partial charge in [0.05, 0.1) is 12.8 Å². The van der Waals surface area contributed by atoms with E-state index in [0.29, 0.717) is 32.8 Å². The Bertz CT molecular complexity index is 891. The number of nitrogens with one attached hydrogen (secondary N) is 1. The standard InChI is InChI=1S/C18H14BrNO5/c1-24-17-8-12(19)10(7-15(17)22)2-4-14(21)11-3-5-16-13(6-11)20-18(23)9-25-16/h2-8,22H,9H2,1H3,(H,20,23). The van der Waals surface area contributed by atoms with Crippen molar-refractivity contribution in [2.24, 2.45) is 0 Å². The van der Waals surface area contributed by atoms with Crippen LogP contribution in [0, 0.1) is 0 Å². The number of phenolic OH excluding ortho intramolecular Hbond substituents is 1. The zero-order chi connectivity index (χ0) is 18.0. The highest BCUT2D eigenvalue weighted by Crippen LogP contribution is 2.33. The van der Waals surface area contributed by atoms with Crippen LogP contribution in [0.4, 0.5) is 5.69 Å². The summed E-state index contributed by atoms with van der Waals surface area (Å²) in [7, 11) is 1.46. The number of aromatic hydroxyl groups is 1. The van der Waals surface area contributed by atoms with Gasteiger partial charge in [-0.3, -0.25) is 9.59 Å². The fourth-order valence-corrected chi connectivity index (χ4v) is 2.80. The van der Waals surface area contributed by atoms with Crippen molar-refractivity contribution in [3.63, 3.8) is 0 Å². The number of phenols is 1. The Balaban J connectivity index is 1.83. The van der Waals surface area contributed by atoms with E-state index in [-0.39, 0.29) is 24.0 Å². The average Bonchev–Trinajstić information content (AvgIpc) is 2.61. The van der Waals surface area contributed by atoms with Crippen LogP contribution in [-0.4, -0.2) is 30.5 Å². The number of ether oxygens (including phenoxy) is 2. The van der Waals surface area contributed by atoms with Gasteiger partial charge in [-0.15, -0.1) is 0 Å². The maximum absolute atomic E-state index is 12.4. The van der Waals surface area contributed by atoms with Gasteiger partial charge in [-0.25, -0.2) is 0 Å². The van der Waals surface area contributed by atoms with E-state index in [1.165, 1.54) is 19.3 Å². The van der Waals surface area contributed by atoms with Crippen LogP contribution >= 0.6 is 15.9 Å². The number of benzene rings is 2. The second-order valence-electron chi connectivity index (χ2n) is 5.29. The first-order chi connectivity index (χ1) is 12.0. The number of allylic oxidation sites excluding steroid dienone is 1. The van der Waals surface area contributed by atoms with E-state index in [1.54, 1.807) is 30.3 Å². The number of anilines is 1. The Morgan fingerprint density at radius 1 is 1.36 bits per heavy atom. The summed E-state index contributed by atoms with van der Waals surface area (Å²) in [6, 6.07) is 7.95. The van der Waals surface area contributed by atoms with E-state index in [1.807, 2.05) is 0 Å². The number of hydrogen-bond acceptors (Lipinski definition) is 5. The summed E-state index contributed by atoms with van der Waals surface area (Å²) in [5.74, 6) is 0.338. The first kappa shape index (κ1) is 17.0. The highest BCUT2D eigenvalue weighted by atomic mass is 79.9. The third kappa shape index (κ3) is 3.66. The quantitative estimate of drug-likeness (QED) is 0.603. The predicted octanol–water partition coefficient (Wildman–Crippen LogP) is 3.39. The molecular formula is C18H14BrNO5. The average molecular weight is 404 g/mol. The van der Waals surface area contributed by atoms with Crippen LogP contribution in [0.1, 0.15) is 15.9 Å². The molecular weight excluding hydrogens is 390 g/mol. The van der Waals surface area contributed by atoms with E-state index in [2.05, 4.69) is 21.2 Å². The van der Waals surface area contributed by atoms with Gasteiger partial charge in [0.1, 0.15) is 5.75 Å². The van der Waals surface area contributed by atoms with Gasteiger partial charge < -0.3 is 19.9 Å². The first-order valence-corrected chi connectivity index (χ1v) is 8.13. The number of ketones is 1. The predicted molar refractivity (Wildman–Crippen MR) is 96.3 cm³/mol. The van der Waals surface area contributed by atoms with Gasteiger partial charge >= 0.3 is 0 Å². The lowest BCUT2D eigenvalue weighted by Crippen LogP contribution is -2.25. The van der Waals surface area contributed by atoms with Crippen molar-refractivity contribution in [2.45, 2.75) is 0 Å². The van der Waals surface area contributed by atoms with Crippen molar-refractivity contribution in [1.82, 2.24) is 0 Å². The minimum absolute atomic E-state index is 0.0218. The van der Waals surface area contributed by atoms with E-state index in [9.17, 15) is 14.7 Å². The number of hydrogen-bond donors (Lipinski definition) is 2. The maximum Gasteiger partial charge on any atom is 0.262 e. The summed E-state index contributed by atoms with van der Waals surface area (Å²) < 4.78 is 11.0. The zero-order valence-corrected chi connectivity index (χ0v) is 14.8. The van der Waals surface area contributed by atoms with Crippen LogP contribution in [0.25, 0.3) is 6.08 Å². The Labute approximate surface area is 152 Å². The van der Waals surface area contributed by atoms with Crippen LogP contribution in [0.5, 0.6) is 17.2 Å². The van der Waals surface area contributed by atoms with Gasteiger partial charge in [-0.1, -0.05) is 15.9 Å². The SMILES string of the molecule is COc1cc(Br)c(C=CC(=O)c2ccc3c(c2)NC(=O)CO3)cc1O. The number of amides is 1. The summed E-state index contributed by atoms with van der Waals surface area (Å²) in [4.78, 5) is 23.7. The molecule has 3 rings (SSSR count). The summed E-state index contributed by atoms with van der Waals surface area (Å²) in [5.41, 5.74) is 1.51. The fraction of sp³-hybridized carbons (Fsp3) is 0.111. The van der Waals surface area contributed by atoms with E-state index >= 15 is 0 Å². The summed E-state index contributed by atoms with van der Waals surface area (Å²) in [6.07, 6.45) is 2.97. The maximum atomic E-state index is 12.4. The second-order valence-corrected chi connectivity index (χ2v) is 6.15. The van der Waals surface area contributed by atoms with Gasteiger partial charge in [0.2, 0.25) is 0 Å². The molecule has 0 aliphatic carbocycles. The number of halogens is 1. The van der Waals surface area contributed by atoms with Crippen LogP contribution in [0.3, 0.4) is 0 Å². The van der Waals surface area contributed by atoms with Gasteiger partial charge in [0.25, 0.3) is 5.91 Å². The minimum Gasteiger partial charge on any atom is -0.504 e. The van der Waals surface area contributed by atoms with Crippen LogP contribution < -0.4 is 14.8 Å². The molecule has 0 aromatic heterocycles. The lowest BCUT2D eigenvalue weighted by Gasteiger charge is -2.17.